The third-order valence-corrected chi connectivity index (χ3v) is 5.27. The minimum absolute atomic E-state index is 0.846. The standard InChI is InChI=1S/C12H5F21O3S/c1-2(13)3(14,15)4(16,17)5(18,19)6(20,21)7(22,23)8(24,25)9(26,27)10(28,29)11(30,31)12(32,33)37(34,35)36/h2H,1H3,(H,34,35,36). The summed E-state index contributed by atoms with van der Waals surface area (Å²) in [6.07, 6.45) is -4.74. The van der Waals surface area contributed by atoms with Crippen LogP contribution in [-0.2, 0) is 10.1 Å². The Morgan fingerprint density at radius 2 is 0.649 bits per heavy atom. The van der Waals surface area contributed by atoms with Crippen LogP contribution in [0.2, 0.25) is 0 Å². The molecule has 0 spiro atoms. The van der Waals surface area contributed by atoms with Crippen LogP contribution in [0.5, 0.6) is 0 Å². The summed E-state index contributed by atoms with van der Waals surface area (Å²) in [6.45, 7) is -0.846. The number of alkyl halides is 21. The van der Waals surface area contributed by atoms with Crippen molar-refractivity contribution < 1.29 is 105 Å². The highest BCUT2D eigenvalue weighted by Crippen LogP contribution is 2.66. The summed E-state index contributed by atoms with van der Waals surface area (Å²) in [5.74, 6) is -79.3. The molecule has 1 N–H and O–H groups in total. The Hall–Kier alpha value is -1.56. The zero-order valence-corrected chi connectivity index (χ0v) is 17.0. The first-order valence-corrected chi connectivity index (χ1v) is 9.27. The zero-order valence-electron chi connectivity index (χ0n) is 16.2. The van der Waals surface area contributed by atoms with Crippen molar-refractivity contribution in [3.63, 3.8) is 0 Å². The number of rotatable bonds is 11. The van der Waals surface area contributed by atoms with E-state index in [0.717, 1.165) is 0 Å². The summed E-state index contributed by atoms with van der Waals surface area (Å²) in [7, 11) is -8.10. The SMILES string of the molecule is CC(F)C(F)(F)C(F)(F)C(F)(F)C(F)(F)C(F)(F)C(F)(F)C(F)(F)C(F)(F)C(F)(F)C(F)(F)S(=O)(=O)O. The van der Waals surface area contributed by atoms with E-state index in [9.17, 15) is 101 Å². The van der Waals surface area contributed by atoms with Gasteiger partial charge in [0, 0.05) is 0 Å². The van der Waals surface area contributed by atoms with E-state index in [1.807, 2.05) is 0 Å². The van der Waals surface area contributed by atoms with Gasteiger partial charge in [-0.15, -0.1) is 0 Å². The highest BCUT2D eigenvalue weighted by atomic mass is 32.2. The highest BCUT2D eigenvalue weighted by Gasteiger charge is 2.98. The van der Waals surface area contributed by atoms with Gasteiger partial charge < -0.3 is 0 Å². The van der Waals surface area contributed by atoms with E-state index in [-0.39, 0.29) is 0 Å². The van der Waals surface area contributed by atoms with Gasteiger partial charge in [0.2, 0.25) is 0 Å². The summed E-state index contributed by atoms with van der Waals surface area (Å²) in [4.78, 5) is 0. The molecule has 0 aliphatic rings. The first kappa shape index (κ1) is 35.4. The minimum atomic E-state index is -9.36. The molecule has 3 nitrogen and oxygen atoms in total. The van der Waals surface area contributed by atoms with Crippen LogP contribution in [0.1, 0.15) is 6.92 Å². The lowest BCUT2D eigenvalue weighted by atomic mass is 9.86. The number of halogens is 21. The number of hydrogen-bond acceptors (Lipinski definition) is 2. The van der Waals surface area contributed by atoms with Crippen LogP contribution in [0, 0.1) is 0 Å². The largest absolute Gasteiger partial charge is 0.438 e. The lowest BCUT2D eigenvalue weighted by molar-refractivity contribution is -0.467. The molecule has 0 bridgehead atoms. The van der Waals surface area contributed by atoms with Crippen LogP contribution in [0.3, 0.4) is 0 Å². The Bertz CT molecular complexity index is 965. The van der Waals surface area contributed by atoms with Crippen molar-refractivity contribution in [1.82, 2.24) is 0 Å². The van der Waals surface area contributed by atoms with E-state index < -0.39 is 81.8 Å². The van der Waals surface area contributed by atoms with Crippen molar-refractivity contribution in [3.8, 4) is 0 Å². The van der Waals surface area contributed by atoms with Crippen molar-refractivity contribution in [2.75, 3.05) is 0 Å². The molecule has 0 heterocycles. The summed E-state index contributed by atoms with van der Waals surface area (Å²) < 4.78 is 306. The molecule has 0 aliphatic carbocycles. The molecule has 0 radical (unpaired) electrons. The minimum Gasteiger partial charge on any atom is -0.281 e. The predicted molar refractivity (Wildman–Crippen MR) is 71.6 cm³/mol. The molecule has 224 valence electrons. The Morgan fingerprint density at radius 1 is 0.459 bits per heavy atom. The third kappa shape index (κ3) is 4.06. The van der Waals surface area contributed by atoms with E-state index >= 15 is 0 Å². The van der Waals surface area contributed by atoms with Crippen LogP contribution in [0.15, 0.2) is 0 Å². The first-order chi connectivity index (χ1) is 15.4. The first-order valence-electron chi connectivity index (χ1n) is 7.83. The van der Waals surface area contributed by atoms with Crippen molar-refractivity contribution in [3.05, 3.63) is 0 Å². The molecule has 0 aliphatic heterocycles. The average molecular weight is 628 g/mol. The second kappa shape index (κ2) is 8.47. The maximum absolute atomic E-state index is 13.5. The lowest BCUT2D eigenvalue weighted by Gasteiger charge is -2.44. The predicted octanol–water partition coefficient (Wildman–Crippen LogP) is 6.54. The summed E-state index contributed by atoms with van der Waals surface area (Å²) in [5.41, 5.74) is 0. The van der Waals surface area contributed by atoms with Gasteiger partial charge in [-0.2, -0.15) is 96.2 Å². The van der Waals surface area contributed by atoms with Gasteiger partial charge in [0.05, 0.1) is 0 Å². The quantitative estimate of drug-likeness (QED) is 0.209. The van der Waals surface area contributed by atoms with E-state index in [1.165, 1.54) is 0 Å². The fraction of sp³-hybridized carbons (Fsp3) is 1.00. The van der Waals surface area contributed by atoms with Gasteiger partial charge in [-0.1, -0.05) is 0 Å². The monoisotopic (exact) mass is 628 g/mol. The second-order valence-corrected chi connectivity index (χ2v) is 8.29. The van der Waals surface area contributed by atoms with Crippen LogP contribution in [0.4, 0.5) is 92.2 Å². The molecule has 37 heavy (non-hydrogen) atoms. The Labute approximate surface area is 188 Å². The van der Waals surface area contributed by atoms with E-state index in [1.54, 1.807) is 0 Å². The maximum Gasteiger partial charge on any atom is 0.438 e. The van der Waals surface area contributed by atoms with Gasteiger partial charge in [0.25, 0.3) is 0 Å². The molecule has 0 rings (SSSR count). The van der Waals surface area contributed by atoms with Gasteiger partial charge in [-0.05, 0) is 6.92 Å². The Kier molecular flexibility index (Phi) is 8.11. The molecule has 0 saturated heterocycles. The summed E-state index contributed by atoms with van der Waals surface area (Å²) >= 11 is 0. The smallest absolute Gasteiger partial charge is 0.281 e. The lowest BCUT2D eigenvalue weighted by Crippen LogP contribution is -2.77. The fourth-order valence-corrected chi connectivity index (χ4v) is 2.44. The third-order valence-electron chi connectivity index (χ3n) is 4.37. The van der Waals surface area contributed by atoms with Crippen LogP contribution >= 0.6 is 0 Å². The van der Waals surface area contributed by atoms with Gasteiger partial charge >= 0.3 is 68.7 Å². The molecule has 0 saturated carbocycles. The molecule has 1 atom stereocenters. The second-order valence-electron chi connectivity index (χ2n) is 6.83. The highest BCUT2D eigenvalue weighted by molar-refractivity contribution is 7.87. The molecule has 0 amide bonds. The normalized spacial score (nSPS) is 17.7. The fourth-order valence-electron chi connectivity index (χ4n) is 1.99. The average Bonchev–Trinajstić information content (AvgIpc) is 2.65. The van der Waals surface area contributed by atoms with Gasteiger partial charge in [-0.25, -0.2) is 4.39 Å². The molecule has 0 fully saturated rings. The van der Waals surface area contributed by atoms with E-state index in [2.05, 4.69) is 0 Å². The Balaban J connectivity index is 7.28. The molecular formula is C12H5F21O3S. The summed E-state index contributed by atoms with van der Waals surface area (Å²) in [6, 6.07) is 0. The van der Waals surface area contributed by atoms with Gasteiger partial charge in [0.1, 0.15) is 0 Å². The van der Waals surface area contributed by atoms with E-state index in [4.69, 9.17) is 4.55 Å². The topological polar surface area (TPSA) is 54.4 Å². The van der Waals surface area contributed by atoms with Crippen LogP contribution in [-0.4, -0.2) is 77.7 Å². The molecule has 0 aromatic carbocycles. The van der Waals surface area contributed by atoms with Crippen molar-refractivity contribution in [1.29, 1.82) is 0 Å². The summed E-state index contributed by atoms with van der Waals surface area (Å²) in [5, 5.41) is -8.06. The molecular weight excluding hydrogens is 623 g/mol. The van der Waals surface area contributed by atoms with Crippen molar-refractivity contribution >= 4 is 10.1 Å². The molecule has 1 unspecified atom stereocenters. The van der Waals surface area contributed by atoms with Crippen molar-refractivity contribution in [2.24, 2.45) is 0 Å². The van der Waals surface area contributed by atoms with Gasteiger partial charge in [0.15, 0.2) is 6.17 Å². The number of hydrogen-bond donors (Lipinski definition) is 1. The zero-order chi connectivity index (χ0) is 31.1. The maximum atomic E-state index is 13.5. The Morgan fingerprint density at radius 3 is 0.838 bits per heavy atom. The van der Waals surface area contributed by atoms with Crippen LogP contribution < -0.4 is 0 Å². The van der Waals surface area contributed by atoms with Crippen LogP contribution in [0.25, 0.3) is 0 Å². The van der Waals surface area contributed by atoms with Crippen molar-refractivity contribution in [2.45, 2.75) is 71.7 Å². The molecule has 25 heteroatoms. The molecule has 0 aromatic heterocycles. The van der Waals surface area contributed by atoms with Gasteiger partial charge in [-0.3, -0.25) is 4.55 Å². The molecule has 0 aromatic rings. The van der Waals surface area contributed by atoms with E-state index in [0.29, 0.717) is 0 Å².